The quantitative estimate of drug-likeness (QED) is 0.782. The highest BCUT2D eigenvalue weighted by molar-refractivity contribution is 5.67. The Hall–Kier alpha value is -2.11. The molecule has 0 aliphatic carbocycles. The van der Waals surface area contributed by atoms with Gasteiger partial charge in [0.1, 0.15) is 0 Å². The van der Waals surface area contributed by atoms with E-state index >= 15 is 0 Å². The Bertz CT molecular complexity index is 630. The van der Waals surface area contributed by atoms with Crippen LogP contribution in [0.1, 0.15) is 5.56 Å². The second-order valence-corrected chi connectivity index (χ2v) is 3.59. The zero-order valence-electron chi connectivity index (χ0n) is 8.88. The van der Waals surface area contributed by atoms with Gasteiger partial charge >= 0.3 is 6.18 Å². The van der Waals surface area contributed by atoms with Gasteiger partial charge in [0.2, 0.25) is 5.43 Å². The van der Waals surface area contributed by atoms with E-state index in [9.17, 15) is 22.4 Å². The first-order valence-electron chi connectivity index (χ1n) is 4.94. The van der Waals surface area contributed by atoms with Crippen LogP contribution in [0, 0.1) is 5.82 Å². The normalized spacial score (nSPS) is 11.6. The van der Waals surface area contributed by atoms with Gasteiger partial charge in [-0.1, -0.05) is 18.2 Å². The maximum absolute atomic E-state index is 13.1. The molecule has 0 aliphatic heterocycles. The molecule has 0 bridgehead atoms. The number of rotatable bonds is 1. The number of aromatic amines is 1. The molecule has 6 heteroatoms. The minimum absolute atomic E-state index is 0.342. The third-order valence-corrected chi connectivity index (χ3v) is 2.42. The SMILES string of the molecule is O=c1c(F)c[nH]cc1-c1ccccc1C(F)(F)F. The maximum atomic E-state index is 13.1. The molecule has 2 rings (SSSR count). The average molecular weight is 257 g/mol. The van der Waals surface area contributed by atoms with Gasteiger partial charge in [0.05, 0.1) is 5.56 Å². The highest BCUT2D eigenvalue weighted by atomic mass is 19.4. The summed E-state index contributed by atoms with van der Waals surface area (Å²) in [5.41, 5.74) is -2.72. The molecule has 0 saturated heterocycles. The molecule has 0 radical (unpaired) electrons. The van der Waals surface area contributed by atoms with E-state index in [0.717, 1.165) is 24.5 Å². The first-order chi connectivity index (χ1) is 8.41. The molecule has 0 fully saturated rings. The standard InChI is InChI=1S/C12H7F4NO/c13-10-6-17-5-8(11(10)18)7-3-1-2-4-9(7)12(14,15)16/h1-6H,(H,17,18). The number of H-pyrrole nitrogens is 1. The van der Waals surface area contributed by atoms with Gasteiger partial charge in [-0.15, -0.1) is 0 Å². The monoisotopic (exact) mass is 257 g/mol. The number of hydrogen-bond donors (Lipinski definition) is 1. The number of nitrogens with one attached hydrogen (secondary N) is 1. The van der Waals surface area contributed by atoms with E-state index in [1.807, 2.05) is 0 Å². The van der Waals surface area contributed by atoms with Gasteiger partial charge in [-0.05, 0) is 11.6 Å². The molecule has 0 saturated carbocycles. The van der Waals surface area contributed by atoms with Crippen LogP contribution in [-0.4, -0.2) is 4.98 Å². The van der Waals surface area contributed by atoms with E-state index in [2.05, 4.69) is 4.98 Å². The first-order valence-corrected chi connectivity index (χ1v) is 4.94. The maximum Gasteiger partial charge on any atom is 0.417 e. The van der Waals surface area contributed by atoms with E-state index in [1.54, 1.807) is 0 Å². The average Bonchev–Trinajstić information content (AvgIpc) is 2.32. The predicted molar refractivity (Wildman–Crippen MR) is 57.5 cm³/mol. The lowest BCUT2D eigenvalue weighted by Crippen LogP contribution is -2.13. The van der Waals surface area contributed by atoms with Crippen LogP contribution in [0.3, 0.4) is 0 Å². The van der Waals surface area contributed by atoms with Gasteiger partial charge in [0, 0.05) is 18.0 Å². The third-order valence-electron chi connectivity index (χ3n) is 2.42. The van der Waals surface area contributed by atoms with E-state index < -0.39 is 23.0 Å². The largest absolute Gasteiger partial charge is 0.417 e. The number of aromatic nitrogens is 1. The fourth-order valence-corrected chi connectivity index (χ4v) is 1.62. The fourth-order valence-electron chi connectivity index (χ4n) is 1.62. The Balaban J connectivity index is 2.73. The molecule has 18 heavy (non-hydrogen) atoms. The van der Waals surface area contributed by atoms with Crippen LogP contribution >= 0.6 is 0 Å². The molecule has 1 heterocycles. The minimum Gasteiger partial charge on any atom is -0.364 e. The van der Waals surface area contributed by atoms with Crippen LogP contribution in [0.15, 0.2) is 41.5 Å². The summed E-state index contributed by atoms with van der Waals surface area (Å²) in [6.45, 7) is 0. The Morgan fingerprint density at radius 3 is 2.33 bits per heavy atom. The summed E-state index contributed by atoms with van der Waals surface area (Å²) in [6.07, 6.45) is -2.76. The zero-order valence-corrected chi connectivity index (χ0v) is 8.88. The third kappa shape index (κ3) is 2.13. The fraction of sp³-hybridized carbons (Fsp3) is 0.0833. The molecular weight excluding hydrogens is 250 g/mol. The van der Waals surface area contributed by atoms with E-state index in [1.165, 1.54) is 12.1 Å². The lowest BCUT2D eigenvalue weighted by Gasteiger charge is -2.12. The van der Waals surface area contributed by atoms with Crippen molar-refractivity contribution in [3.63, 3.8) is 0 Å². The summed E-state index contributed by atoms with van der Waals surface area (Å²) in [5.74, 6) is -1.12. The van der Waals surface area contributed by atoms with Crippen LogP contribution < -0.4 is 5.43 Å². The second-order valence-electron chi connectivity index (χ2n) is 3.59. The molecule has 0 aliphatic rings. The molecule has 2 nitrogen and oxygen atoms in total. The lowest BCUT2D eigenvalue weighted by molar-refractivity contribution is -0.137. The van der Waals surface area contributed by atoms with Gasteiger partial charge < -0.3 is 4.98 Å². The van der Waals surface area contributed by atoms with Crippen molar-refractivity contribution in [2.75, 3.05) is 0 Å². The number of benzene rings is 1. The predicted octanol–water partition coefficient (Wildman–Crippen LogP) is 3.20. The van der Waals surface area contributed by atoms with Crippen LogP contribution in [0.2, 0.25) is 0 Å². The molecule has 94 valence electrons. The Morgan fingerprint density at radius 2 is 1.67 bits per heavy atom. The van der Waals surface area contributed by atoms with Gasteiger partial charge in [0.25, 0.3) is 0 Å². The van der Waals surface area contributed by atoms with Crippen LogP contribution in [0.5, 0.6) is 0 Å². The Kier molecular flexibility index (Phi) is 2.94. The number of halogens is 4. The van der Waals surface area contributed by atoms with E-state index in [0.29, 0.717) is 0 Å². The van der Waals surface area contributed by atoms with Gasteiger partial charge in [-0.2, -0.15) is 13.2 Å². The molecule has 0 unspecified atom stereocenters. The smallest absolute Gasteiger partial charge is 0.364 e. The summed E-state index contributed by atoms with van der Waals surface area (Å²) >= 11 is 0. The zero-order chi connectivity index (χ0) is 13.3. The van der Waals surface area contributed by atoms with Gasteiger partial charge in [-0.3, -0.25) is 4.79 Å². The highest BCUT2D eigenvalue weighted by Gasteiger charge is 2.33. The summed E-state index contributed by atoms with van der Waals surface area (Å²) < 4.78 is 51.3. The molecule has 2 aromatic rings. The van der Waals surface area contributed by atoms with Gasteiger partial charge in [-0.25, -0.2) is 4.39 Å². The van der Waals surface area contributed by atoms with E-state index in [4.69, 9.17) is 0 Å². The summed E-state index contributed by atoms with van der Waals surface area (Å²) in [4.78, 5) is 13.8. The minimum atomic E-state index is -4.60. The molecular formula is C12H7F4NO. The molecule has 0 amide bonds. The van der Waals surface area contributed by atoms with Crippen LogP contribution in [0.25, 0.3) is 11.1 Å². The van der Waals surface area contributed by atoms with Crippen molar-refractivity contribution in [2.45, 2.75) is 6.18 Å². The van der Waals surface area contributed by atoms with Crippen molar-refractivity contribution in [1.82, 2.24) is 4.98 Å². The van der Waals surface area contributed by atoms with Crippen molar-refractivity contribution < 1.29 is 17.6 Å². The number of hydrogen-bond acceptors (Lipinski definition) is 1. The van der Waals surface area contributed by atoms with Crippen molar-refractivity contribution in [3.05, 3.63) is 58.3 Å². The molecule has 1 N–H and O–H groups in total. The molecule has 1 aromatic carbocycles. The Morgan fingerprint density at radius 1 is 1.00 bits per heavy atom. The topological polar surface area (TPSA) is 32.9 Å². The molecule has 1 aromatic heterocycles. The molecule has 0 spiro atoms. The first kappa shape index (κ1) is 12.3. The highest BCUT2D eigenvalue weighted by Crippen LogP contribution is 2.35. The lowest BCUT2D eigenvalue weighted by atomic mass is 10.0. The van der Waals surface area contributed by atoms with E-state index in [-0.39, 0.29) is 11.1 Å². The van der Waals surface area contributed by atoms with Crippen LogP contribution in [-0.2, 0) is 6.18 Å². The second kappa shape index (κ2) is 4.29. The number of alkyl halides is 3. The summed E-state index contributed by atoms with van der Waals surface area (Å²) in [7, 11) is 0. The number of pyridine rings is 1. The molecule has 0 atom stereocenters. The van der Waals surface area contributed by atoms with Crippen molar-refractivity contribution in [3.8, 4) is 11.1 Å². The van der Waals surface area contributed by atoms with Crippen molar-refractivity contribution in [1.29, 1.82) is 0 Å². The summed E-state index contributed by atoms with van der Waals surface area (Å²) in [6, 6.07) is 4.54. The van der Waals surface area contributed by atoms with Crippen LogP contribution in [0.4, 0.5) is 17.6 Å². The Labute approximate surface area is 98.9 Å². The van der Waals surface area contributed by atoms with Gasteiger partial charge in [0.15, 0.2) is 5.82 Å². The van der Waals surface area contributed by atoms with Crippen molar-refractivity contribution >= 4 is 0 Å². The summed E-state index contributed by atoms with van der Waals surface area (Å²) in [5, 5.41) is 0. The van der Waals surface area contributed by atoms with Crippen molar-refractivity contribution in [2.24, 2.45) is 0 Å².